The smallest absolute Gasteiger partial charge is 0.0470 e. The molecule has 19 heavy (non-hydrogen) atoms. The molecule has 106 valence electrons. The average molecular weight is 260 g/mol. The lowest BCUT2D eigenvalue weighted by Crippen LogP contribution is -2.43. The van der Waals surface area contributed by atoms with E-state index in [1.54, 1.807) is 0 Å². The van der Waals surface area contributed by atoms with Gasteiger partial charge in [0.1, 0.15) is 0 Å². The predicted molar refractivity (Wildman–Crippen MR) is 82.1 cm³/mol. The summed E-state index contributed by atoms with van der Waals surface area (Å²) in [5, 5.41) is 0. The second-order valence-corrected chi connectivity index (χ2v) is 5.91. The summed E-state index contributed by atoms with van der Waals surface area (Å²) >= 11 is 0. The second kappa shape index (κ2) is 6.53. The van der Waals surface area contributed by atoms with E-state index in [0.29, 0.717) is 11.5 Å². The molecule has 0 saturated carbocycles. The number of nitrogens with zero attached hydrogens (tertiary/aromatic N) is 1. The minimum atomic E-state index is 0.396. The normalized spacial score (nSPS) is 21.2. The van der Waals surface area contributed by atoms with Crippen molar-refractivity contribution in [2.24, 2.45) is 11.1 Å². The fourth-order valence-electron chi connectivity index (χ4n) is 3.44. The highest BCUT2D eigenvalue weighted by Crippen LogP contribution is 2.39. The van der Waals surface area contributed by atoms with Crippen LogP contribution < -0.4 is 5.73 Å². The van der Waals surface area contributed by atoms with Gasteiger partial charge in [-0.1, -0.05) is 57.0 Å². The molecule has 2 N–H and O–H groups in total. The predicted octanol–water partition coefficient (Wildman–Crippen LogP) is 3.59. The number of rotatable bonds is 5. The first-order valence-electron chi connectivity index (χ1n) is 7.73. The third-order valence-corrected chi connectivity index (χ3v) is 5.21. The molecule has 0 amide bonds. The fourth-order valence-corrected chi connectivity index (χ4v) is 3.44. The molecule has 0 aliphatic carbocycles. The van der Waals surface area contributed by atoms with Crippen LogP contribution in [0.3, 0.4) is 0 Å². The Labute approximate surface area is 118 Å². The average Bonchev–Trinajstić information content (AvgIpc) is 2.50. The highest BCUT2D eigenvalue weighted by Gasteiger charge is 2.33. The summed E-state index contributed by atoms with van der Waals surface area (Å²) in [5.74, 6) is 0. The van der Waals surface area contributed by atoms with Crippen LogP contribution >= 0.6 is 0 Å². The highest BCUT2D eigenvalue weighted by atomic mass is 15.2. The zero-order valence-electron chi connectivity index (χ0n) is 12.4. The molecule has 1 aromatic carbocycles. The van der Waals surface area contributed by atoms with E-state index >= 15 is 0 Å². The molecule has 0 bridgehead atoms. The van der Waals surface area contributed by atoms with E-state index in [1.807, 2.05) is 0 Å². The summed E-state index contributed by atoms with van der Waals surface area (Å²) in [6.45, 7) is 7.79. The van der Waals surface area contributed by atoms with E-state index < -0.39 is 0 Å². The van der Waals surface area contributed by atoms with Crippen LogP contribution in [0.5, 0.6) is 0 Å². The zero-order valence-corrected chi connectivity index (χ0v) is 12.4. The Bertz CT molecular complexity index is 360. The third kappa shape index (κ3) is 3.18. The Morgan fingerprint density at radius 3 is 2.16 bits per heavy atom. The van der Waals surface area contributed by atoms with Crippen LogP contribution in [0.25, 0.3) is 0 Å². The molecule has 0 radical (unpaired) electrons. The largest absolute Gasteiger partial charge is 0.329 e. The van der Waals surface area contributed by atoms with Crippen LogP contribution in [0.4, 0.5) is 0 Å². The van der Waals surface area contributed by atoms with Gasteiger partial charge in [0.05, 0.1) is 0 Å². The van der Waals surface area contributed by atoms with E-state index in [2.05, 4.69) is 49.1 Å². The lowest BCUT2D eigenvalue weighted by atomic mass is 9.74. The number of hydrogen-bond donors (Lipinski definition) is 1. The molecule has 2 heteroatoms. The van der Waals surface area contributed by atoms with Crippen molar-refractivity contribution < 1.29 is 0 Å². The van der Waals surface area contributed by atoms with Crippen molar-refractivity contribution in [3.8, 4) is 0 Å². The van der Waals surface area contributed by atoms with Crippen molar-refractivity contribution in [1.29, 1.82) is 0 Å². The van der Waals surface area contributed by atoms with E-state index in [0.717, 1.165) is 6.54 Å². The summed E-state index contributed by atoms with van der Waals surface area (Å²) in [6.07, 6.45) is 5.28. The summed E-state index contributed by atoms with van der Waals surface area (Å²) in [4.78, 5) is 2.58. The SMILES string of the molecule is CCC1(CC)CCN(C(CN)c2ccccc2)CC1. The first-order chi connectivity index (χ1) is 9.24. The maximum absolute atomic E-state index is 6.03. The van der Waals surface area contributed by atoms with Gasteiger partial charge in [0, 0.05) is 12.6 Å². The van der Waals surface area contributed by atoms with Crippen LogP contribution in [0.2, 0.25) is 0 Å². The maximum Gasteiger partial charge on any atom is 0.0470 e. The molecule has 1 atom stereocenters. The number of likely N-dealkylation sites (tertiary alicyclic amines) is 1. The van der Waals surface area contributed by atoms with Gasteiger partial charge < -0.3 is 5.73 Å². The lowest BCUT2D eigenvalue weighted by molar-refractivity contribution is 0.0680. The second-order valence-electron chi connectivity index (χ2n) is 5.91. The number of nitrogens with two attached hydrogens (primary N) is 1. The Kier molecular flexibility index (Phi) is 5.00. The van der Waals surface area contributed by atoms with Crippen LogP contribution in [-0.4, -0.2) is 24.5 Å². The molecule has 1 aliphatic rings. The van der Waals surface area contributed by atoms with Gasteiger partial charge in [-0.2, -0.15) is 0 Å². The van der Waals surface area contributed by atoms with Crippen molar-refractivity contribution in [3.05, 3.63) is 35.9 Å². The molecule has 1 unspecified atom stereocenters. The minimum Gasteiger partial charge on any atom is -0.329 e. The fraction of sp³-hybridized carbons (Fsp3) is 0.647. The molecule has 2 rings (SSSR count). The molecule has 1 aromatic rings. The Morgan fingerprint density at radius 2 is 1.68 bits per heavy atom. The van der Waals surface area contributed by atoms with Crippen molar-refractivity contribution in [2.75, 3.05) is 19.6 Å². The molecule has 0 spiro atoms. The Balaban J connectivity index is 2.03. The Hall–Kier alpha value is -0.860. The van der Waals surface area contributed by atoms with E-state index in [4.69, 9.17) is 5.73 Å². The van der Waals surface area contributed by atoms with Gasteiger partial charge >= 0.3 is 0 Å². The van der Waals surface area contributed by atoms with Gasteiger partial charge in [0.25, 0.3) is 0 Å². The van der Waals surface area contributed by atoms with E-state index in [1.165, 1.54) is 44.3 Å². The van der Waals surface area contributed by atoms with Crippen LogP contribution in [-0.2, 0) is 0 Å². The lowest BCUT2D eigenvalue weighted by Gasteiger charge is -2.44. The van der Waals surface area contributed by atoms with Gasteiger partial charge in [0.15, 0.2) is 0 Å². The highest BCUT2D eigenvalue weighted by molar-refractivity contribution is 5.19. The van der Waals surface area contributed by atoms with Crippen LogP contribution in [0, 0.1) is 5.41 Å². The van der Waals surface area contributed by atoms with E-state index in [-0.39, 0.29) is 0 Å². The van der Waals surface area contributed by atoms with Crippen LogP contribution in [0.1, 0.15) is 51.1 Å². The number of hydrogen-bond acceptors (Lipinski definition) is 2. The topological polar surface area (TPSA) is 29.3 Å². The Morgan fingerprint density at radius 1 is 1.11 bits per heavy atom. The van der Waals surface area contributed by atoms with Gasteiger partial charge in [0.2, 0.25) is 0 Å². The van der Waals surface area contributed by atoms with Gasteiger partial charge in [-0.15, -0.1) is 0 Å². The molecule has 1 fully saturated rings. The molecule has 2 nitrogen and oxygen atoms in total. The standard InChI is InChI=1S/C17H28N2/c1-3-17(4-2)10-12-19(13-11-17)16(14-18)15-8-6-5-7-9-15/h5-9,16H,3-4,10-14,18H2,1-2H3. The van der Waals surface area contributed by atoms with Crippen molar-refractivity contribution in [3.63, 3.8) is 0 Å². The van der Waals surface area contributed by atoms with Gasteiger partial charge in [-0.05, 0) is 36.9 Å². The molecule has 1 saturated heterocycles. The van der Waals surface area contributed by atoms with Crippen molar-refractivity contribution >= 4 is 0 Å². The summed E-state index contributed by atoms with van der Waals surface area (Å²) < 4.78 is 0. The molecular formula is C17H28N2. The maximum atomic E-state index is 6.03. The summed E-state index contributed by atoms with van der Waals surface area (Å²) in [7, 11) is 0. The molecule has 1 aliphatic heterocycles. The van der Waals surface area contributed by atoms with Crippen molar-refractivity contribution in [1.82, 2.24) is 4.90 Å². The third-order valence-electron chi connectivity index (χ3n) is 5.21. The number of piperidine rings is 1. The molecular weight excluding hydrogens is 232 g/mol. The van der Waals surface area contributed by atoms with Gasteiger partial charge in [-0.25, -0.2) is 0 Å². The first-order valence-corrected chi connectivity index (χ1v) is 7.73. The minimum absolute atomic E-state index is 0.396. The number of benzene rings is 1. The summed E-state index contributed by atoms with van der Waals surface area (Å²) in [5.41, 5.74) is 7.98. The first kappa shape index (κ1) is 14.5. The quantitative estimate of drug-likeness (QED) is 0.876. The van der Waals surface area contributed by atoms with Crippen molar-refractivity contribution in [2.45, 2.75) is 45.6 Å². The zero-order chi connectivity index (χ0) is 13.7. The summed E-state index contributed by atoms with van der Waals surface area (Å²) in [6, 6.07) is 11.1. The molecule has 0 aromatic heterocycles. The van der Waals surface area contributed by atoms with Gasteiger partial charge in [-0.3, -0.25) is 4.90 Å². The van der Waals surface area contributed by atoms with E-state index in [9.17, 15) is 0 Å². The molecule has 1 heterocycles. The monoisotopic (exact) mass is 260 g/mol. The van der Waals surface area contributed by atoms with Crippen LogP contribution in [0.15, 0.2) is 30.3 Å².